The normalized spacial score (nSPS) is 18.1. The van der Waals surface area contributed by atoms with Gasteiger partial charge in [-0.05, 0) is 77.5 Å². The van der Waals surface area contributed by atoms with Crippen LogP contribution in [0.3, 0.4) is 0 Å². The van der Waals surface area contributed by atoms with Gasteiger partial charge in [0.15, 0.2) is 11.3 Å². The number of amides is 1. The smallest absolute Gasteiger partial charge is 0.405 e. The van der Waals surface area contributed by atoms with E-state index in [4.69, 9.17) is 19.8 Å². The standard InChI is InChI=1S/C35H36F2N8O3S/c1-20-39-26-10-7-21(16-28(26)49-20)30-29-27(19-38)40-32(41-31(29)45(43-30)34(2,3)18-23-6-4-5-15-48-23)44-13-11-35(12-14-44,42-33(46)47)24-9-8-22(36)17-25(24)37/h7-10,16-17,23,42H,4-6,11-15,18H2,1-3H3,(H,46,47). The zero-order chi connectivity index (χ0) is 34.5. The summed E-state index contributed by atoms with van der Waals surface area (Å²) in [7, 11) is 0. The number of hydrogen-bond acceptors (Lipinski definition) is 9. The van der Waals surface area contributed by atoms with Crippen LogP contribution in [0.5, 0.6) is 0 Å². The number of nitriles is 1. The van der Waals surface area contributed by atoms with Gasteiger partial charge in [-0.1, -0.05) is 12.1 Å². The van der Waals surface area contributed by atoms with Gasteiger partial charge in [-0.2, -0.15) is 15.3 Å². The number of rotatable bonds is 7. The molecule has 2 saturated heterocycles. The molecule has 2 aliphatic heterocycles. The van der Waals surface area contributed by atoms with Crippen molar-refractivity contribution in [2.45, 2.75) is 76.5 Å². The summed E-state index contributed by atoms with van der Waals surface area (Å²) in [5.74, 6) is -1.27. The van der Waals surface area contributed by atoms with Crippen molar-refractivity contribution in [1.29, 1.82) is 5.26 Å². The number of piperidine rings is 1. The van der Waals surface area contributed by atoms with Gasteiger partial charge in [-0.3, -0.25) is 0 Å². The Labute approximate surface area is 285 Å². The minimum atomic E-state index is -1.31. The fourth-order valence-corrected chi connectivity index (χ4v) is 8.15. The summed E-state index contributed by atoms with van der Waals surface area (Å²) in [5.41, 5.74) is 1.22. The van der Waals surface area contributed by atoms with Crippen LogP contribution < -0.4 is 10.2 Å². The number of nitrogens with one attached hydrogen (secondary N) is 1. The van der Waals surface area contributed by atoms with Gasteiger partial charge in [0.05, 0.1) is 37.8 Å². The van der Waals surface area contributed by atoms with Gasteiger partial charge in [0.25, 0.3) is 0 Å². The number of anilines is 1. The van der Waals surface area contributed by atoms with Crippen molar-refractivity contribution >= 4 is 44.6 Å². The molecule has 0 radical (unpaired) electrons. The van der Waals surface area contributed by atoms with Gasteiger partial charge < -0.3 is 20.1 Å². The molecule has 0 saturated carbocycles. The summed E-state index contributed by atoms with van der Waals surface area (Å²) < 4.78 is 37.8. The minimum absolute atomic E-state index is 0.0588. The maximum Gasteiger partial charge on any atom is 0.405 e. The van der Waals surface area contributed by atoms with Crippen molar-refractivity contribution in [3.63, 3.8) is 0 Å². The summed E-state index contributed by atoms with van der Waals surface area (Å²) in [6, 6.07) is 11.4. The van der Waals surface area contributed by atoms with Crippen LogP contribution in [-0.2, 0) is 15.8 Å². The topological polar surface area (TPSA) is 142 Å². The van der Waals surface area contributed by atoms with E-state index in [1.165, 1.54) is 6.07 Å². The Morgan fingerprint density at radius 2 is 1.96 bits per heavy atom. The van der Waals surface area contributed by atoms with Crippen molar-refractivity contribution in [1.82, 2.24) is 30.0 Å². The van der Waals surface area contributed by atoms with Crippen molar-refractivity contribution in [3.05, 3.63) is 64.3 Å². The van der Waals surface area contributed by atoms with Crippen LogP contribution in [0.4, 0.5) is 19.5 Å². The molecule has 49 heavy (non-hydrogen) atoms. The summed E-state index contributed by atoms with van der Waals surface area (Å²) in [4.78, 5) is 28.1. The third kappa shape index (κ3) is 6.17. The van der Waals surface area contributed by atoms with Crippen molar-refractivity contribution in [2.24, 2.45) is 0 Å². The van der Waals surface area contributed by atoms with Crippen molar-refractivity contribution in [3.8, 4) is 17.3 Å². The van der Waals surface area contributed by atoms with Gasteiger partial charge in [-0.25, -0.2) is 28.2 Å². The Hall–Kier alpha value is -4.74. The Morgan fingerprint density at radius 1 is 1.16 bits per heavy atom. The second-order valence-electron chi connectivity index (χ2n) is 13.5. The molecule has 0 spiro atoms. The molecular formula is C35H36F2N8O3S. The molecule has 3 aromatic heterocycles. The maximum atomic E-state index is 15.0. The van der Waals surface area contributed by atoms with Crippen LogP contribution in [0.2, 0.25) is 0 Å². The SMILES string of the molecule is Cc1nc2ccc(-c3nn(C(C)(C)CC4CCCCO4)c4nc(N5CCC(NC(=O)O)(c6ccc(F)cc6F)CC5)nc(C#N)c34)cc2s1. The molecule has 7 rings (SSSR count). The lowest BCUT2D eigenvalue weighted by Gasteiger charge is -2.42. The first kappa shape index (κ1) is 32.8. The van der Waals surface area contributed by atoms with E-state index < -0.39 is 28.8 Å². The van der Waals surface area contributed by atoms with E-state index in [0.29, 0.717) is 29.1 Å². The van der Waals surface area contributed by atoms with Crippen molar-refractivity contribution in [2.75, 3.05) is 24.6 Å². The number of thiazole rings is 1. The number of nitrogens with zero attached hydrogens (tertiary/aromatic N) is 7. The molecule has 1 amide bonds. The third-order valence-electron chi connectivity index (χ3n) is 9.66. The molecule has 1 unspecified atom stereocenters. The number of aromatic nitrogens is 5. The molecule has 1 atom stereocenters. The highest BCUT2D eigenvalue weighted by atomic mass is 32.1. The largest absolute Gasteiger partial charge is 0.465 e. The summed E-state index contributed by atoms with van der Waals surface area (Å²) >= 11 is 1.59. The number of carboxylic acid groups (broad SMARTS) is 1. The average Bonchev–Trinajstić information content (AvgIpc) is 3.64. The van der Waals surface area contributed by atoms with E-state index >= 15 is 4.39 Å². The molecule has 0 bridgehead atoms. The average molecular weight is 687 g/mol. The minimum Gasteiger partial charge on any atom is -0.465 e. The number of aryl methyl sites for hydroxylation is 1. The quantitative estimate of drug-likeness (QED) is 0.185. The van der Waals surface area contributed by atoms with Gasteiger partial charge in [-0.15, -0.1) is 11.3 Å². The van der Waals surface area contributed by atoms with Gasteiger partial charge in [0.1, 0.15) is 23.4 Å². The Balaban J connectivity index is 1.31. The summed E-state index contributed by atoms with van der Waals surface area (Å²) in [5, 5.41) is 29.3. The van der Waals surface area contributed by atoms with Gasteiger partial charge in [0, 0.05) is 36.9 Å². The van der Waals surface area contributed by atoms with E-state index in [9.17, 15) is 19.6 Å². The van der Waals surface area contributed by atoms with Crippen LogP contribution >= 0.6 is 11.3 Å². The molecule has 14 heteroatoms. The molecule has 254 valence electrons. The first-order valence-electron chi connectivity index (χ1n) is 16.4. The first-order valence-corrected chi connectivity index (χ1v) is 17.2. The molecule has 2 N–H and O–H groups in total. The fourth-order valence-electron chi connectivity index (χ4n) is 7.28. The van der Waals surface area contributed by atoms with Gasteiger partial charge in [0.2, 0.25) is 5.95 Å². The first-order chi connectivity index (χ1) is 23.5. The number of ether oxygens (including phenoxy) is 1. The number of carbonyl (C=O) groups is 1. The van der Waals surface area contributed by atoms with Crippen molar-refractivity contribution < 1.29 is 23.4 Å². The second kappa shape index (κ2) is 12.6. The predicted octanol–water partition coefficient (Wildman–Crippen LogP) is 7.02. The molecule has 2 fully saturated rings. The highest BCUT2D eigenvalue weighted by Crippen LogP contribution is 2.40. The molecule has 11 nitrogen and oxygen atoms in total. The lowest BCUT2D eigenvalue weighted by Crippen LogP contribution is -2.53. The highest BCUT2D eigenvalue weighted by molar-refractivity contribution is 7.18. The zero-order valence-corrected chi connectivity index (χ0v) is 28.3. The van der Waals surface area contributed by atoms with Crippen LogP contribution in [0.25, 0.3) is 32.5 Å². The molecule has 5 aromatic rings. The van der Waals surface area contributed by atoms with E-state index in [1.807, 2.05) is 34.7 Å². The highest BCUT2D eigenvalue weighted by Gasteiger charge is 2.41. The zero-order valence-electron chi connectivity index (χ0n) is 27.5. The Bertz CT molecular complexity index is 2110. The number of benzene rings is 2. The lowest BCUT2D eigenvalue weighted by molar-refractivity contribution is -0.00877. The molecule has 2 aliphatic rings. The van der Waals surface area contributed by atoms with E-state index in [0.717, 1.165) is 58.8 Å². The molecular weight excluding hydrogens is 651 g/mol. The van der Waals surface area contributed by atoms with E-state index in [2.05, 4.69) is 30.2 Å². The lowest BCUT2D eigenvalue weighted by atomic mass is 9.80. The number of fused-ring (bicyclic) bond motifs is 2. The van der Waals surface area contributed by atoms with Gasteiger partial charge >= 0.3 is 6.09 Å². The third-order valence-corrected chi connectivity index (χ3v) is 10.6. The van der Waals surface area contributed by atoms with Crippen LogP contribution in [-0.4, -0.2) is 61.7 Å². The molecule has 0 aliphatic carbocycles. The van der Waals surface area contributed by atoms with E-state index in [-0.39, 0.29) is 43.3 Å². The van der Waals surface area contributed by atoms with Crippen LogP contribution in [0.1, 0.15) is 68.6 Å². The fraction of sp³-hybridized carbons (Fsp3) is 0.429. The Morgan fingerprint density at radius 3 is 2.65 bits per heavy atom. The number of halogens is 2. The monoisotopic (exact) mass is 686 g/mol. The number of hydrogen-bond donors (Lipinski definition) is 2. The summed E-state index contributed by atoms with van der Waals surface area (Å²) in [6.07, 6.45) is 2.85. The molecule has 2 aromatic carbocycles. The van der Waals surface area contributed by atoms with Crippen LogP contribution in [0, 0.1) is 29.9 Å². The summed E-state index contributed by atoms with van der Waals surface area (Å²) in [6.45, 7) is 7.36. The van der Waals surface area contributed by atoms with E-state index in [1.54, 1.807) is 11.3 Å². The maximum absolute atomic E-state index is 15.0. The van der Waals surface area contributed by atoms with Crippen LogP contribution in [0.15, 0.2) is 36.4 Å². The predicted molar refractivity (Wildman–Crippen MR) is 182 cm³/mol. The molecule has 5 heterocycles. The second-order valence-corrected chi connectivity index (χ2v) is 14.7. The Kier molecular flexibility index (Phi) is 8.44.